The van der Waals surface area contributed by atoms with Crippen molar-refractivity contribution in [2.75, 3.05) is 6.54 Å². The number of benzene rings is 1. The minimum Gasteiger partial charge on any atom is -0.349 e. The van der Waals surface area contributed by atoms with Crippen LogP contribution in [0.25, 0.3) is 10.1 Å². The van der Waals surface area contributed by atoms with Crippen LogP contribution in [0.5, 0.6) is 0 Å². The summed E-state index contributed by atoms with van der Waals surface area (Å²) in [6, 6.07) is 7.72. The van der Waals surface area contributed by atoms with Gasteiger partial charge in [0.1, 0.15) is 17.5 Å². The minimum atomic E-state index is -0.156. The van der Waals surface area contributed by atoms with Crippen LogP contribution in [0, 0.1) is 0 Å². The summed E-state index contributed by atoms with van der Waals surface area (Å²) in [6.45, 7) is 1.06. The number of fused-ring (bicyclic) bond motifs is 1. The third-order valence-corrected chi connectivity index (χ3v) is 4.51. The maximum Gasteiger partial charge on any atom is 0.262 e. The Bertz CT molecular complexity index is 738. The fourth-order valence-electron chi connectivity index (χ4n) is 1.87. The molecule has 7 heteroatoms. The van der Waals surface area contributed by atoms with E-state index in [1.54, 1.807) is 11.0 Å². The topological polar surface area (TPSA) is 59.8 Å². The molecular formula is C13H11ClN4OS. The predicted molar refractivity (Wildman–Crippen MR) is 79.2 cm³/mol. The van der Waals surface area contributed by atoms with Gasteiger partial charge in [0.05, 0.1) is 11.6 Å². The number of carbonyl (C=O) groups is 1. The number of nitrogens with zero attached hydrogens (tertiary/aromatic N) is 3. The van der Waals surface area contributed by atoms with Crippen LogP contribution in [0.1, 0.15) is 9.67 Å². The highest BCUT2D eigenvalue weighted by atomic mass is 35.5. The van der Waals surface area contributed by atoms with E-state index in [0.717, 1.165) is 10.1 Å². The number of thiophene rings is 1. The molecule has 1 aromatic carbocycles. The molecule has 2 aromatic heterocycles. The van der Waals surface area contributed by atoms with Crippen molar-refractivity contribution < 1.29 is 4.79 Å². The number of aromatic nitrogens is 3. The molecule has 5 nitrogen and oxygen atoms in total. The van der Waals surface area contributed by atoms with Gasteiger partial charge < -0.3 is 5.32 Å². The first-order valence-corrected chi connectivity index (χ1v) is 7.23. The fraction of sp³-hybridized carbons (Fsp3) is 0.154. The molecule has 20 heavy (non-hydrogen) atoms. The molecule has 2 heterocycles. The Hall–Kier alpha value is -1.92. The number of nitrogens with one attached hydrogen (secondary N) is 1. The van der Waals surface area contributed by atoms with Crippen molar-refractivity contribution in [3.05, 3.63) is 46.8 Å². The molecule has 3 rings (SSSR count). The first-order chi connectivity index (χ1) is 9.75. The maximum absolute atomic E-state index is 12.1. The number of hydrogen-bond acceptors (Lipinski definition) is 4. The monoisotopic (exact) mass is 306 g/mol. The van der Waals surface area contributed by atoms with Crippen molar-refractivity contribution >= 4 is 38.9 Å². The van der Waals surface area contributed by atoms with Crippen molar-refractivity contribution in [1.29, 1.82) is 0 Å². The molecule has 0 bridgehead atoms. The van der Waals surface area contributed by atoms with Gasteiger partial charge in [0.15, 0.2) is 0 Å². The van der Waals surface area contributed by atoms with Crippen LogP contribution in [-0.4, -0.2) is 27.2 Å². The first kappa shape index (κ1) is 13.1. The number of carbonyl (C=O) groups excluding carboxylic acids is 1. The van der Waals surface area contributed by atoms with Crippen LogP contribution in [0.15, 0.2) is 36.9 Å². The Morgan fingerprint density at radius 1 is 1.40 bits per heavy atom. The van der Waals surface area contributed by atoms with Crippen molar-refractivity contribution in [2.24, 2.45) is 0 Å². The molecule has 102 valence electrons. The number of halogens is 1. The smallest absolute Gasteiger partial charge is 0.262 e. The molecule has 0 atom stereocenters. The second-order valence-electron chi connectivity index (χ2n) is 4.16. The van der Waals surface area contributed by atoms with Gasteiger partial charge >= 0.3 is 0 Å². The summed E-state index contributed by atoms with van der Waals surface area (Å²) in [6.07, 6.45) is 3.07. The molecule has 0 saturated carbocycles. The van der Waals surface area contributed by atoms with Crippen LogP contribution >= 0.6 is 22.9 Å². The summed E-state index contributed by atoms with van der Waals surface area (Å²) >= 11 is 7.65. The number of amides is 1. The van der Waals surface area contributed by atoms with Crippen molar-refractivity contribution in [3.8, 4) is 0 Å². The Kier molecular flexibility index (Phi) is 3.66. The number of rotatable bonds is 4. The van der Waals surface area contributed by atoms with E-state index in [1.165, 1.54) is 17.7 Å². The largest absolute Gasteiger partial charge is 0.349 e. The molecule has 1 N–H and O–H groups in total. The van der Waals surface area contributed by atoms with Gasteiger partial charge in [-0.2, -0.15) is 5.10 Å². The third-order valence-electron chi connectivity index (χ3n) is 2.83. The van der Waals surface area contributed by atoms with Crippen LogP contribution in [0.3, 0.4) is 0 Å². The Labute approximate surface area is 124 Å². The summed E-state index contributed by atoms with van der Waals surface area (Å²) in [7, 11) is 0. The molecule has 1 amide bonds. The van der Waals surface area contributed by atoms with Crippen LogP contribution in [0.2, 0.25) is 5.02 Å². The third kappa shape index (κ3) is 2.52. The van der Waals surface area contributed by atoms with Gasteiger partial charge in [0, 0.05) is 16.6 Å². The van der Waals surface area contributed by atoms with E-state index in [0.29, 0.717) is 23.0 Å². The fourth-order valence-corrected chi connectivity index (χ4v) is 3.31. The van der Waals surface area contributed by atoms with Gasteiger partial charge in [0.2, 0.25) is 0 Å². The lowest BCUT2D eigenvalue weighted by molar-refractivity contribution is 0.0956. The molecule has 0 aliphatic rings. The van der Waals surface area contributed by atoms with Crippen molar-refractivity contribution in [3.63, 3.8) is 0 Å². The zero-order chi connectivity index (χ0) is 13.9. The lowest BCUT2D eigenvalue weighted by atomic mass is 10.2. The summed E-state index contributed by atoms with van der Waals surface area (Å²) < 4.78 is 2.67. The summed E-state index contributed by atoms with van der Waals surface area (Å²) in [4.78, 5) is 16.5. The average Bonchev–Trinajstić information content (AvgIpc) is 3.08. The highest BCUT2D eigenvalue weighted by Crippen LogP contribution is 2.34. The van der Waals surface area contributed by atoms with E-state index in [9.17, 15) is 4.79 Å². The van der Waals surface area contributed by atoms with Crippen molar-refractivity contribution in [1.82, 2.24) is 20.1 Å². The molecule has 0 saturated heterocycles. The Balaban J connectivity index is 1.71. The highest BCUT2D eigenvalue weighted by molar-refractivity contribution is 7.21. The molecule has 0 spiro atoms. The SMILES string of the molecule is O=C(NCCn1cncn1)c1sc2ccccc2c1Cl. The highest BCUT2D eigenvalue weighted by Gasteiger charge is 2.16. The van der Waals surface area contributed by atoms with Crippen molar-refractivity contribution in [2.45, 2.75) is 6.54 Å². The molecule has 0 unspecified atom stereocenters. The van der Waals surface area contributed by atoms with Crippen LogP contribution in [-0.2, 0) is 6.54 Å². The lowest BCUT2D eigenvalue weighted by Crippen LogP contribution is -2.26. The average molecular weight is 307 g/mol. The van der Waals surface area contributed by atoms with Crippen LogP contribution in [0.4, 0.5) is 0 Å². The minimum absolute atomic E-state index is 0.156. The van der Waals surface area contributed by atoms with E-state index in [-0.39, 0.29) is 5.91 Å². The summed E-state index contributed by atoms with van der Waals surface area (Å²) in [5, 5.41) is 8.24. The molecule has 0 aliphatic carbocycles. The quantitative estimate of drug-likeness (QED) is 0.806. The van der Waals surface area contributed by atoms with Crippen LogP contribution < -0.4 is 5.32 Å². The van der Waals surface area contributed by atoms with Gasteiger partial charge in [-0.05, 0) is 6.07 Å². The normalized spacial score (nSPS) is 10.8. The second-order valence-corrected chi connectivity index (χ2v) is 5.59. The summed E-state index contributed by atoms with van der Waals surface area (Å²) in [5.74, 6) is -0.156. The van der Waals surface area contributed by atoms with E-state index in [2.05, 4.69) is 15.4 Å². The van der Waals surface area contributed by atoms with Gasteiger partial charge in [-0.25, -0.2) is 4.98 Å². The first-order valence-electron chi connectivity index (χ1n) is 6.03. The molecule has 3 aromatic rings. The van der Waals surface area contributed by atoms with Gasteiger partial charge in [-0.15, -0.1) is 11.3 Å². The van der Waals surface area contributed by atoms with E-state index in [4.69, 9.17) is 11.6 Å². The van der Waals surface area contributed by atoms with E-state index in [1.807, 2.05) is 24.3 Å². The van der Waals surface area contributed by atoms with E-state index < -0.39 is 0 Å². The lowest BCUT2D eigenvalue weighted by Gasteiger charge is -2.03. The van der Waals surface area contributed by atoms with Gasteiger partial charge in [0.25, 0.3) is 5.91 Å². The molecule has 0 radical (unpaired) electrons. The zero-order valence-corrected chi connectivity index (χ0v) is 12.0. The maximum atomic E-state index is 12.1. The standard InChI is InChI=1S/C13H11ClN4OS/c14-11-9-3-1-2-4-10(9)20-12(11)13(19)16-5-6-18-8-15-7-17-18/h1-4,7-8H,5-6H2,(H,16,19). The van der Waals surface area contributed by atoms with Gasteiger partial charge in [-0.3, -0.25) is 9.48 Å². The second kappa shape index (κ2) is 5.60. The van der Waals surface area contributed by atoms with Gasteiger partial charge in [-0.1, -0.05) is 29.8 Å². The van der Waals surface area contributed by atoms with E-state index >= 15 is 0 Å². The Morgan fingerprint density at radius 3 is 3.00 bits per heavy atom. The molecule has 0 fully saturated rings. The number of hydrogen-bond donors (Lipinski definition) is 1. The Morgan fingerprint density at radius 2 is 2.25 bits per heavy atom. The predicted octanol–water partition coefficient (Wildman–Crippen LogP) is 2.58. The zero-order valence-electron chi connectivity index (χ0n) is 10.4. The summed E-state index contributed by atoms with van der Waals surface area (Å²) in [5.41, 5.74) is 0. The molecular weight excluding hydrogens is 296 g/mol. The molecule has 0 aliphatic heterocycles.